The summed E-state index contributed by atoms with van der Waals surface area (Å²) in [6, 6.07) is 6.15. The van der Waals surface area contributed by atoms with Gasteiger partial charge in [0.25, 0.3) is 0 Å². The maximum Gasteiger partial charge on any atom is 0.211 e. The van der Waals surface area contributed by atoms with Crippen molar-refractivity contribution < 1.29 is 13.2 Å². The zero-order valence-corrected chi connectivity index (χ0v) is 17.3. The van der Waals surface area contributed by atoms with E-state index in [1.165, 1.54) is 51.1 Å². The molecule has 0 saturated carbocycles. The number of nitrogens with one attached hydrogen (secondary N) is 1. The average molecular weight is 388 g/mol. The van der Waals surface area contributed by atoms with Crippen molar-refractivity contribution in [2.45, 2.75) is 69.6 Å². The highest BCUT2D eigenvalue weighted by atomic mass is 32.2. The van der Waals surface area contributed by atoms with Crippen LogP contribution in [0.5, 0.6) is 5.75 Å². The third kappa shape index (κ3) is 10.1. The molecule has 1 aromatic carbocycles. The number of thiol groups is 1. The molecule has 4 nitrogen and oxygen atoms in total. The molecular weight excluding hydrogens is 354 g/mol. The molecule has 0 radical (unpaired) electrons. The van der Waals surface area contributed by atoms with E-state index in [9.17, 15) is 8.42 Å². The Labute approximate surface area is 159 Å². The van der Waals surface area contributed by atoms with Crippen LogP contribution in [0.15, 0.2) is 23.1 Å². The molecule has 0 atom stereocenters. The quantitative estimate of drug-likeness (QED) is 0.363. The van der Waals surface area contributed by atoms with Gasteiger partial charge in [-0.2, -0.15) is 0 Å². The Morgan fingerprint density at radius 3 is 2.44 bits per heavy atom. The molecule has 144 valence electrons. The third-order valence-corrected chi connectivity index (χ3v) is 6.02. The minimum Gasteiger partial charge on any atom is -0.492 e. The van der Waals surface area contributed by atoms with Crippen LogP contribution in [0, 0.1) is 0 Å². The van der Waals surface area contributed by atoms with E-state index in [0.29, 0.717) is 19.4 Å². The van der Waals surface area contributed by atoms with Gasteiger partial charge in [0.2, 0.25) is 10.0 Å². The number of unbranched alkanes of at least 4 members (excludes halogenated alkanes) is 6. The van der Waals surface area contributed by atoms with E-state index in [-0.39, 0.29) is 5.75 Å². The Bertz CT molecular complexity index is 588. The lowest BCUT2D eigenvalue weighted by Gasteiger charge is -2.10. The summed E-state index contributed by atoms with van der Waals surface area (Å²) in [7, 11) is -1.68. The van der Waals surface area contributed by atoms with Crippen LogP contribution in [0.4, 0.5) is 0 Å². The SMILES string of the molecule is CCCCCCCCc1ccc(OCCCCS(=O)(=O)NC)c(S)c1. The van der Waals surface area contributed by atoms with Gasteiger partial charge in [-0.3, -0.25) is 0 Å². The molecule has 1 N–H and O–H groups in total. The molecular formula is C19H33NO3S2. The fourth-order valence-electron chi connectivity index (χ4n) is 2.63. The van der Waals surface area contributed by atoms with Crippen molar-refractivity contribution in [2.24, 2.45) is 0 Å². The molecule has 0 saturated heterocycles. The molecule has 25 heavy (non-hydrogen) atoms. The number of ether oxygens (including phenoxy) is 1. The van der Waals surface area contributed by atoms with E-state index in [1.807, 2.05) is 6.07 Å². The van der Waals surface area contributed by atoms with Crippen molar-refractivity contribution in [1.29, 1.82) is 0 Å². The van der Waals surface area contributed by atoms with Crippen LogP contribution in [0.1, 0.15) is 63.9 Å². The summed E-state index contributed by atoms with van der Waals surface area (Å²) in [4.78, 5) is 0.853. The van der Waals surface area contributed by atoms with E-state index in [2.05, 4.69) is 36.4 Å². The standard InChI is InChI=1S/C19H33NO3S2/c1-3-4-5-6-7-8-11-17-12-13-18(19(24)16-17)23-14-9-10-15-25(21,22)20-2/h12-13,16,20,24H,3-11,14-15H2,1-2H3. The van der Waals surface area contributed by atoms with Gasteiger partial charge < -0.3 is 4.74 Å². The van der Waals surface area contributed by atoms with Gasteiger partial charge in [-0.1, -0.05) is 45.1 Å². The molecule has 0 bridgehead atoms. The van der Waals surface area contributed by atoms with Gasteiger partial charge in [0.1, 0.15) is 5.75 Å². The normalized spacial score (nSPS) is 11.6. The van der Waals surface area contributed by atoms with Gasteiger partial charge in [-0.05, 0) is 50.4 Å². The van der Waals surface area contributed by atoms with E-state index >= 15 is 0 Å². The number of sulfonamides is 1. The second kappa shape index (κ2) is 12.6. The molecule has 0 aliphatic heterocycles. The number of benzene rings is 1. The lowest BCUT2D eigenvalue weighted by atomic mass is 10.0. The predicted octanol–water partition coefficient (Wildman–Crippen LogP) is 4.59. The average Bonchev–Trinajstić information content (AvgIpc) is 2.59. The molecule has 1 rings (SSSR count). The van der Waals surface area contributed by atoms with E-state index in [0.717, 1.165) is 17.1 Å². The number of hydrogen-bond donors (Lipinski definition) is 2. The van der Waals surface area contributed by atoms with Gasteiger partial charge in [0.05, 0.1) is 12.4 Å². The molecule has 0 aliphatic carbocycles. The minimum absolute atomic E-state index is 0.137. The Morgan fingerprint density at radius 2 is 1.76 bits per heavy atom. The van der Waals surface area contributed by atoms with E-state index in [4.69, 9.17) is 4.74 Å². The van der Waals surface area contributed by atoms with Crippen molar-refractivity contribution >= 4 is 22.7 Å². The van der Waals surface area contributed by atoms with E-state index < -0.39 is 10.0 Å². The summed E-state index contributed by atoms with van der Waals surface area (Å²) in [5.74, 6) is 0.907. The molecule has 0 amide bonds. The van der Waals surface area contributed by atoms with Crippen molar-refractivity contribution in [3.05, 3.63) is 23.8 Å². The summed E-state index contributed by atoms with van der Waals surface area (Å²) in [5.41, 5.74) is 1.30. The third-order valence-electron chi connectivity index (χ3n) is 4.22. The van der Waals surface area contributed by atoms with Crippen molar-refractivity contribution in [3.8, 4) is 5.75 Å². The first-order valence-electron chi connectivity index (χ1n) is 9.34. The topological polar surface area (TPSA) is 55.4 Å². The largest absolute Gasteiger partial charge is 0.492 e. The van der Waals surface area contributed by atoms with Gasteiger partial charge in [-0.25, -0.2) is 13.1 Å². The van der Waals surface area contributed by atoms with Gasteiger partial charge >= 0.3 is 0 Å². The number of rotatable bonds is 14. The van der Waals surface area contributed by atoms with Crippen LogP contribution in [0.25, 0.3) is 0 Å². The van der Waals surface area contributed by atoms with Crippen LogP contribution >= 0.6 is 12.6 Å². The molecule has 0 unspecified atom stereocenters. The predicted molar refractivity (Wildman–Crippen MR) is 108 cm³/mol. The fraction of sp³-hybridized carbons (Fsp3) is 0.684. The molecule has 0 aromatic heterocycles. The van der Waals surface area contributed by atoms with Gasteiger partial charge in [0.15, 0.2) is 0 Å². The van der Waals surface area contributed by atoms with Crippen molar-refractivity contribution in [3.63, 3.8) is 0 Å². The summed E-state index contributed by atoms with van der Waals surface area (Å²) < 4.78 is 30.7. The highest BCUT2D eigenvalue weighted by Crippen LogP contribution is 2.25. The number of aryl methyl sites for hydroxylation is 1. The highest BCUT2D eigenvalue weighted by molar-refractivity contribution is 7.89. The zero-order valence-electron chi connectivity index (χ0n) is 15.6. The first-order chi connectivity index (χ1) is 12.0. The molecule has 1 aromatic rings. The van der Waals surface area contributed by atoms with Crippen LogP contribution < -0.4 is 9.46 Å². The van der Waals surface area contributed by atoms with Crippen molar-refractivity contribution in [2.75, 3.05) is 19.4 Å². The maximum absolute atomic E-state index is 11.3. The van der Waals surface area contributed by atoms with Crippen LogP contribution in [0.2, 0.25) is 0 Å². The lowest BCUT2D eigenvalue weighted by molar-refractivity contribution is 0.302. The van der Waals surface area contributed by atoms with Gasteiger partial charge in [0, 0.05) is 4.90 Å². The zero-order chi connectivity index (χ0) is 18.5. The Hall–Kier alpha value is -0.720. The molecule has 0 heterocycles. The summed E-state index contributed by atoms with van der Waals surface area (Å²) in [5, 5.41) is 0. The minimum atomic E-state index is -3.12. The van der Waals surface area contributed by atoms with Crippen molar-refractivity contribution in [1.82, 2.24) is 4.72 Å². The maximum atomic E-state index is 11.3. The fourth-order valence-corrected chi connectivity index (χ4v) is 3.72. The molecule has 0 fully saturated rings. The number of hydrogen-bond acceptors (Lipinski definition) is 4. The van der Waals surface area contributed by atoms with Gasteiger partial charge in [-0.15, -0.1) is 12.6 Å². The molecule has 0 spiro atoms. The smallest absolute Gasteiger partial charge is 0.211 e. The Morgan fingerprint density at radius 1 is 1.04 bits per heavy atom. The molecule has 0 aliphatic rings. The molecule has 6 heteroatoms. The summed E-state index contributed by atoms with van der Waals surface area (Å²) >= 11 is 4.51. The summed E-state index contributed by atoms with van der Waals surface area (Å²) in [6.45, 7) is 2.74. The van der Waals surface area contributed by atoms with E-state index in [1.54, 1.807) is 0 Å². The van der Waals surface area contributed by atoms with Crippen LogP contribution in [0.3, 0.4) is 0 Å². The Kier molecular flexibility index (Phi) is 11.3. The Balaban J connectivity index is 2.26. The van der Waals surface area contributed by atoms with Crippen LogP contribution in [-0.4, -0.2) is 27.8 Å². The second-order valence-corrected chi connectivity index (χ2v) is 8.93. The first kappa shape index (κ1) is 22.3. The highest BCUT2D eigenvalue weighted by Gasteiger charge is 2.07. The monoisotopic (exact) mass is 387 g/mol. The van der Waals surface area contributed by atoms with Crippen LogP contribution in [-0.2, 0) is 16.4 Å². The second-order valence-electron chi connectivity index (χ2n) is 6.40. The lowest BCUT2D eigenvalue weighted by Crippen LogP contribution is -2.22. The first-order valence-corrected chi connectivity index (χ1v) is 11.4. The summed E-state index contributed by atoms with van der Waals surface area (Å²) in [6.07, 6.45) is 10.2.